The summed E-state index contributed by atoms with van der Waals surface area (Å²) < 4.78 is 1.46. The number of aryl methyl sites for hydroxylation is 1. The van der Waals surface area contributed by atoms with Crippen molar-refractivity contribution in [1.29, 1.82) is 0 Å². The van der Waals surface area contributed by atoms with E-state index in [4.69, 9.17) is 0 Å². The van der Waals surface area contributed by atoms with Crippen LogP contribution in [-0.2, 0) is 30.7 Å². The highest BCUT2D eigenvalue weighted by atomic mass is 32.1. The molecule has 3 aromatic heterocycles. The molecular formula is C21H23N3O2S2. The van der Waals surface area contributed by atoms with E-state index < -0.39 is 0 Å². The van der Waals surface area contributed by atoms with E-state index in [1.165, 1.54) is 15.8 Å². The molecule has 4 rings (SSSR count). The number of amides is 1. The molecule has 0 radical (unpaired) electrons. The van der Waals surface area contributed by atoms with Crippen molar-refractivity contribution in [3.8, 4) is 0 Å². The quantitative estimate of drug-likeness (QED) is 0.577. The predicted molar refractivity (Wildman–Crippen MR) is 115 cm³/mol. The zero-order valence-corrected chi connectivity index (χ0v) is 17.5. The van der Waals surface area contributed by atoms with Crippen LogP contribution >= 0.6 is 22.7 Å². The van der Waals surface area contributed by atoms with Gasteiger partial charge in [-0.1, -0.05) is 19.1 Å². The van der Waals surface area contributed by atoms with E-state index in [1.807, 2.05) is 17.5 Å². The first-order valence-corrected chi connectivity index (χ1v) is 11.2. The van der Waals surface area contributed by atoms with Gasteiger partial charge in [-0.15, -0.1) is 29.3 Å². The fourth-order valence-corrected chi connectivity index (χ4v) is 5.79. The SMILES string of the molecule is C=CCN(Cc1cccs1)C(=O)Cn1cnc2sc3c(c2c1=O)CC[C@@H](C)C3. The molecule has 0 saturated carbocycles. The summed E-state index contributed by atoms with van der Waals surface area (Å²) in [7, 11) is 0. The number of carbonyl (C=O) groups excluding carboxylic acids is 1. The van der Waals surface area contributed by atoms with Crippen LogP contribution in [0.15, 0.2) is 41.3 Å². The van der Waals surface area contributed by atoms with Gasteiger partial charge in [0, 0.05) is 16.3 Å². The van der Waals surface area contributed by atoms with Crippen LogP contribution < -0.4 is 5.56 Å². The van der Waals surface area contributed by atoms with Gasteiger partial charge in [0.2, 0.25) is 5.91 Å². The van der Waals surface area contributed by atoms with Crippen molar-refractivity contribution in [1.82, 2.24) is 14.5 Å². The minimum Gasteiger partial charge on any atom is -0.332 e. The van der Waals surface area contributed by atoms with Crippen LogP contribution in [0.25, 0.3) is 10.2 Å². The van der Waals surface area contributed by atoms with Crippen molar-refractivity contribution < 1.29 is 4.79 Å². The number of thiophene rings is 2. The third-order valence-corrected chi connectivity index (χ3v) is 7.24. The summed E-state index contributed by atoms with van der Waals surface area (Å²) in [5, 5.41) is 2.71. The highest BCUT2D eigenvalue weighted by Crippen LogP contribution is 2.35. The van der Waals surface area contributed by atoms with Crippen LogP contribution in [0.4, 0.5) is 0 Å². The van der Waals surface area contributed by atoms with Crippen LogP contribution in [0.2, 0.25) is 0 Å². The van der Waals surface area contributed by atoms with Crippen molar-refractivity contribution in [3.05, 3.63) is 62.2 Å². The first-order valence-electron chi connectivity index (χ1n) is 9.47. The zero-order chi connectivity index (χ0) is 19.7. The topological polar surface area (TPSA) is 55.2 Å². The predicted octanol–water partition coefficient (Wildman–Crippen LogP) is 3.86. The number of hydrogen-bond donors (Lipinski definition) is 0. The van der Waals surface area contributed by atoms with E-state index >= 15 is 0 Å². The molecule has 0 aromatic carbocycles. The Bertz CT molecular complexity index is 1070. The molecule has 0 bridgehead atoms. The van der Waals surface area contributed by atoms with Gasteiger partial charge in [0.05, 0.1) is 18.3 Å². The van der Waals surface area contributed by atoms with E-state index in [9.17, 15) is 9.59 Å². The van der Waals surface area contributed by atoms with Crippen LogP contribution in [0, 0.1) is 5.92 Å². The lowest BCUT2D eigenvalue weighted by atomic mass is 9.89. The van der Waals surface area contributed by atoms with Gasteiger partial charge in [-0.3, -0.25) is 14.2 Å². The van der Waals surface area contributed by atoms with Gasteiger partial charge in [-0.25, -0.2) is 4.98 Å². The van der Waals surface area contributed by atoms with Crippen molar-refractivity contribution in [2.75, 3.05) is 6.54 Å². The average Bonchev–Trinajstić information content (AvgIpc) is 3.30. The highest BCUT2D eigenvalue weighted by molar-refractivity contribution is 7.18. The van der Waals surface area contributed by atoms with Gasteiger partial charge in [0.25, 0.3) is 5.56 Å². The number of aromatic nitrogens is 2. The lowest BCUT2D eigenvalue weighted by molar-refractivity contribution is -0.131. The Hall–Kier alpha value is -2.25. The minimum absolute atomic E-state index is 0.00200. The van der Waals surface area contributed by atoms with Gasteiger partial charge in [-0.05, 0) is 42.2 Å². The van der Waals surface area contributed by atoms with Crippen molar-refractivity contribution in [2.45, 2.75) is 39.3 Å². The summed E-state index contributed by atoms with van der Waals surface area (Å²) >= 11 is 3.25. The molecule has 1 aliphatic carbocycles. The van der Waals surface area contributed by atoms with E-state index in [1.54, 1.807) is 33.6 Å². The Kier molecular flexibility index (Phi) is 5.46. The Balaban J connectivity index is 1.61. The first-order chi connectivity index (χ1) is 13.6. The van der Waals surface area contributed by atoms with Gasteiger partial charge in [0.1, 0.15) is 11.4 Å². The second kappa shape index (κ2) is 8.01. The van der Waals surface area contributed by atoms with E-state index in [0.29, 0.717) is 19.0 Å². The fourth-order valence-electron chi connectivity index (χ4n) is 3.73. The van der Waals surface area contributed by atoms with E-state index in [2.05, 4.69) is 18.5 Å². The monoisotopic (exact) mass is 413 g/mol. The highest BCUT2D eigenvalue weighted by Gasteiger charge is 2.24. The molecule has 146 valence electrons. The summed E-state index contributed by atoms with van der Waals surface area (Å²) in [6.07, 6.45) is 6.27. The third kappa shape index (κ3) is 3.69. The van der Waals surface area contributed by atoms with Gasteiger partial charge in [-0.2, -0.15) is 0 Å². The Morgan fingerprint density at radius 2 is 2.36 bits per heavy atom. The lowest BCUT2D eigenvalue weighted by Crippen LogP contribution is -2.36. The summed E-state index contributed by atoms with van der Waals surface area (Å²) in [5.74, 6) is 0.545. The molecule has 0 aliphatic heterocycles. The number of rotatable bonds is 6. The fraction of sp³-hybridized carbons (Fsp3) is 0.381. The van der Waals surface area contributed by atoms with Crippen LogP contribution in [-0.4, -0.2) is 26.9 Å². The molecule has 5 nitrogen and oxygen atoms in total. The lowest BCUT2D eigenvalue weighted by Gasteiger charge is -2.21. The van der Waals surface area contributed by atoms with Gasteiger partial charge >= 0.3 is 0 Å². The van der Waals surface area contributed by atoms with Crippen LogP contribution in [0.3, 0.4) is 0 Å². The largest absolute Gasteiger partial charge is 0.332 e. The molecule has 3 heterocycles. The summed E-state index contributed by atoms with van der Waals surface area (Å²) in [4.78, 5) is 35.4. The first kappa shape index (κ1) is 19.1. The smallest absolute Gasteiger partial charge is 0.262 e. The summed E-state index contributed by atoms with van der Waals surface area (Å²) in [5.41, 5.74) is 1.05. The maximum Gasteiger partial charge on any atom is 0.262 e. The number of hydrogen-bond acceptors (Lipinski definition) is 5. The third-order valence-electron chi connectivity index (χ3n) is 5.22. The normalized spacial score (nSPS) is 16.1. The van der Waals surface area contributed by atoms with Crippen LogP contribution in [0.1, 0.15) is 28.7 Å². The maximum atomic E-state index is 13.1. The van der Waals surface area contributed by atoms with E-state index in [0.717, 1.165) is 39.9 Å². The standard InChI is InChI=1S/C21H23N3O2S2/c1-3-8-23(11-15-5-4-9-27-15)18(25)12-24-13-22-20-19(21(24)26)16-7-6-14(2)10-17(16)28-20/h3-5,9,13-14H,1,6-8,10-12H2,2H3/t14-/m1/s1. The zero-order valence-electron chi connectivity index (χ0n) is 15.9. The molecule has 1 atom stereocenters. The number of carbonyl (C=O) groups is 1. The minimum atomic E-state index is -0.103. The molecular weight excluding hydrogens is 390 g/mol. The second-order valence-corrected chi connectivity index (χ2v) is 9.47. The number of fused-ring (bicyclic) bond motifs is 3. The Morgan fingerprint density at radius 3 is 3.11 bits per heavy atom. The Labute approximate surface area is 172 Å². The molecule has 0 fully saturated rings. The molecule has 0 spiro atoms. The van der Waals surface area contributed by atoms with Crippen molar-refractivity contribution in [3.63, 3.8) is 0 Å². The van der Waals surface area contributed by atoms with Crippen molar-refractivity contribution in [2.24, 2.45) is 5.92 Å². The average molecular weight is 414 g/mol. The Morgan fingerprint density at radius 1 is 1.50 bits per heavy atom. The second-order valence-electron chi connectivity index (χ2n) is 7.35. The van der Waals surface area contributed by atoms with Gasteiger partial charge in [0.15, 0.2) is 0 Å². The van der Waals surface area contributed by atoms with E-state index in [-0.39, 0.29) is 18.0 Å². The summed E-state index contributed by atoms with van der Waals surface area (Å²) in [6.45, 7) is 6.98. The molecule has 1 amide bonds. The molecule has 28 heavy (non-hydrogen) atoms. The molecule has 0 saturated heterocycles. The molecule has 1 aliphatic rings. The molecule has 0 N–H and O–H groups in total. The van der Waals surface area contributed by atoms with Gasteiger partial charge < -0.3 is 4.90 Å². The number of nitrogens with zero attached hydrogens (tertiary/aromatic N) is 3. The van der Waals surface area contributed by atoms with Crippen molar-refractivity contribution >= 4 is 38.8 Å². The maximum absolute atomic E-state index is 13.1. The van der Waals surface area contributed by atoms with Crippen LogP contribution in [0.5, 0.6) is 0 Å². The molecule has 3 aromatic rings. The molecule has 0 unspecified atom stereocenters. The molecule has 7 heteroatoms. The summed E-state index contributed by atoms with van der Waals surface area (Å²) in [6, 6.07) is 3.98.